The van der Waals surface area contributed by atoms with Gasteiger partial charge < -0.3 is 5.11 Å². The number of hydrogen-bond donors (Lipinski definition) is 1. The van der Waals surface area contributed by atoms with Gasteiger partial charge in [-0.25, -0.2) is 0 Å². The van der Waals surface area contributed by atoms with Gasteiger partial charge in [-0.2, -0.15) is 0 Å². The zero-order chi connectivity index (χ0) is 8.32. The van der Waals surface area contributed by atoms with Crippen molar-refractivity contribution in [3.8, 4) is 0 Å². The predicted octanol–water partition coefficient (Wildman–Crippen LogP) is 1.35. The molecule has 0 bridgehead atoms. The Bertz CT molecular complexity index is 213. The van der Waals surface area contributed by atoms with Gasteiger partial charge in [0.25, 0.3) is 0 Å². The number of benzene rings is 1. The Labute approximate surface area is 117 Å². The molecule has 0 amide bonds. The van der Waals surface area contributed by atoms with Gasteiger partial charge in [0.15, 0.2) is 0 Å². The standard InChI is InChI=1S/C10H14O.K.H/c1-10(2,11)8-9-6-4-3-5-7-9;;/h3-7,11H,8H2,1-2H3;;. The van der Waals surface area contributed by atoms with Gasteiger partial charge in [0.2, 0.25) is 0 Å². The van der Waals surface area contributed by atoms with E-state index in [0.29, 0.717) is 6.42 Å². The summed E-state index contributed by atoms with van der Waals surface area (Å²) in [7, 11) is 0. The van der Waals surface area contributed by atoms with Crippen molar-refractivity contribution in [3.63, 3.8) is 0 Å². The van der Waals surface area contributed by atoms with Crippen LogP contribution in [0.3, 0.4) is 0 Å². The van der Waals surface area contributed by atoms with Gasteiger partial charge in [0.05, 0.1) is 5.60 Å². The maximum absolute atomic E-state index is 9.47. The van der Waals surface area contributed by atoms with Crippen LogP contribution in [0.2, 0.25) is 0 Å². The van der Waals surface area contributed by atoms with E-state index in [2.05, 4.69) is 0 Å². The van der Waals surface area contributed by atoms with E-state index in [9.17, 15) is 5.11 Å². The van der Waals surface area contributed by atoms with Gasteiger partial charge in [0.1, 0.15) is 0 Å². The third-order valence-electron chi connectivity index (χ3n) is 1.48. The van der Waals surface area contributed by atoms with Crippen LogP contribution in [0.1, 0.15) is 19.4 Å². The molecule has 1 nitrogen and oxygen atoms in total. The second-order valence-corrected chi connectivity index (χ2v) is 3.47. The van der Waals surface area contributed by atoms with Crippen molar-refractivity contribution in [2.24, 2.45) is 0 Å². The fraction of sp³-hybridized carbons (Fsp3) is 0.400. The second-order valence-electron chi connectivity index (χ2n) is 3.47. The molecule has 0 unspecified atom stereocenters. The number of hydrogen-bond acceptors (Lipinski definition) is 1. The molecule has 0 saturated carbocycles. The molecule has 1 N–H and O–H groups in total. The first kappa shape index (κ1) is 12.8. The summed E-state index contributed by atoms with van der Waals surface area (Å²) in [5.41, 5.74) is 0.585. The Kier molecular flexibility index (Phi) is 5.90. The molecule has 0 radical (unpaired) electrons. The SMILES string of the molecule is CC(C)(O)Cc1ccccc1.[KH]. The summed E-state index contributed by atoms with van der Waals surface area (Å²) < 4.78 is 0. The van der Waals surface area contributed by atoms with Crippen molar-refractivity contribution in [2.75, 3.05) is 0 Å². The average Bonchev–Trinajstić information content (AvgIpc) is 1.85. The first-order valence-electron chi connectivity index (χ1n) is 3.84. The Hall–Kier alpha value is 0.816. The molecular formula is C10H15KO. The van der Waals surface area contributed by atoms with Crippen LogP contribution >= 0.6 is 0 Å². The number of aliphatic hydroxyl groups is 1. The Morgan fingerprint density at radius 2 is 1.67 bits per heavy atom. The average molecular weight is 190 g/mol. The van der Waals surface area contributed by atoms with Gasteiger partial charge in [0, 0.05) is 6.42 Å². The van der Waals surface area contributed by atoms with Crippen LogP contribution < -0.4 is 0 Å². The third-order valence-corrected chi connectivity index (χ3v) is 1.48. The molecule has 12 heavy (non-hydrogen) atoms. The van der Waals surface area contributed by atoms with Crippen LogP contribution in [-0.2, 0) is 6.42 Å². The van der Waals surface area contributed by atoms with Gasteiger partial charge in [-0.15, -0.1) is 0 Å². The Balaban J connectivity index is 0.00000121. The summed E-state index contributed by atoms with van der Waals surface area (Å²) >= 11 is 0. The zero-order valence-electron chi connectivity index (χ0n) is 7.04. The molecule has 0 heterocycles. The fourth-order valence-electron chi connectivity index (χ4n) is 1.10. The van der Waals surface area contributed by atoms with Crippen LogP contribution in [0.4, 0.5) is 0 Å². The van der Waals surface area contributed by atoms with E-state index >= 15 is 0 Å². The summed E-state index contributed by atoms with van der Waals surface area (Å²) in [6.45, 7) is 3.64. The van der Waals surface area contributed by atoms with E-state index in [1.54, 1.807) is 0 Å². The number of rotatable bonds is 2. The first-order valence-corrected chi connectivity index (χ1v) is 3.84. The molecule has 0 aliphatic rings. The molecule has 0 saturated heterocycles. The zero-order valence-corrected chi connectivity index (χ0v) is 7.04. The molecule has 0 atom stereocenters. The van der Waals surface area contributed by atoms with Gasteiger partial charge in [-0.3, -0.25) is 0 Å². The molecule has 1 aromatic carbocycles. The van der Waals surface area contributed by atoms with E-state index in [0.717, 1.165) is 0 Å². The molecule has 0 spiro atoms. The van der Waals surface area contributed by atoms with Gasteiger partial charge in [-0.05, 0) is 19.4 Å². The van der Waals surface area contributed by atoms with Crippen LogP contribution in [0.25, 0.3) is 0 Å². The minimum atomic E-state index is -0.596. The molecule has 1 rings (SSSR count). The van der Waals surface area contributed by atoms with Crippen molar-refractivity contribution in [3.05, 3.63) is 35.9 Å². The van der Waals surface area contributed by atoms with Crippen LogP contribution in [0, 0.1) is 0 Å². The van der Waals surface area contributed by atoms with Crippen LogP contribution in [-0.4, -0.2) is 62.1 Å². The van der Waals surface area contributed by atoms with Crippen molar-refractivity contribution in [2.45, 2.75) is 25.9 Å². The summed E-state index contributed by atoms with van der Waals surface area (Å²) in [5, 5.41) is 9.47. The van der Waals surface area contributed by atoms with Crippen LogP contribution in [0.5, 0.6) is 0 Å². The van der Waals surface area contributed by atoms with E-state index < -0.39 is 5.60 Å². The van der Waals surface area contributed by atoms with E-state index in [4.69, 9.17) is 0 Å². The summed E-state index contributed by atoms with van der Waals surface area (Å²) in [6, 6.07) is 10.0. The molecule has 0 aromatic heterocycles. The van der Waals surface area contributed by atoms with E-state index in [1.165, 1.54) is 5.56 Å². The normalized spacial score (nSPS) is 10.6. The Morgan fingerprint density at radius 1 is 1.17 bits per heavy atom. The molecule has 0 aliphatic carbocycles. The van der Waals surface area contributed by atoms with Crippen molar-refractivity contribution >= 4 is 51.4 Å². The summed E-state index contributed by atoms with van der Waals surface area (Å²) in [5.74, 6) is 0. The monoisotopic (exact) mass is 190 g/mol. The summed E-state index contributed by atoms with van der Waals surface area (Å²) in [4.78, 5) is 0. The van der Waals surface area contributed by atoms with Gasteiger partial charge in [-0.1, -0.05) is 30.3 Å². The van der Waals surface area contributed by atoms with Crippen molar-refractivity contribution in [1.82, 2.24) is 0 Å². The molecule has 1 aromatic rings. The van der Waals surface area contributed by atoms with Crippen LogP contribution in [0.15, 0.2) is 30.3 Å². The molecule has 2 heteroatoms. The predicted molar refractivity (Wildman–Crippen MR) is 53.6 cm³/mol. The molecule has 0 aliphatic heterocycles. The second kappa shape index (κ2) is 5.53. The van der Waals surface area contributed by atoms with Crippen molar-refractivity contribution in [1.29, 1.82) is 0 Å². The topological polar surface area (TPSA) is 20.2 Å². The third kappa shape index (κ3) is 5.46. The quantitative estimate of drug-likeness (QED) is 0.698. The molecule has 62 valence electrons. The maximum atomic E-state index is 9.47. The van der Waals surface area contributed by atoms with E-state index in [-0.39, 0.29) is 51.4 Å². The molecular weight excluding hydrogens is 175 g/mol. The minimum absolute atomic E-state index is 0. The molecule has 0 fully saturated rings. The van der Waals surface area contributed by atoms with Gasteiger partial charge >= 0.3 is 51.4 Å². The summed E-state index contributed by atoms with van der Waals surface area (Å²) in [6.07, 6.45) is 0.716. The fourth-order valence-corrected chi connectivity index (χ4v) is 1.10. The van der Waals surface area contributed by atoms with E-state index in [1.807, 2.05) is 44.2 Å². The first-order chi connectivity index (χ1) is 5.08. The van der Waals surface area contributed by atoms with Crippen molar-refractivity contribution < 1.29 is 5.11 Å². The Morgan fingerprint density at radius 3 is 2.08 bits per heavy atom.